The summed E-state index contributed by atoms with van der Waals surface area (Å²) in [6.07, 6.45) is 4.27. The summed E-state index contributed by atoms with van der Waals surface area (Å²) in [5.74, 6) is -0.142. The lowest BCUT2D eigenvalue weighted by Crippen LogP contribution is -1.94. The van der Waals surface area contributed by atoms with Gasteiger partial charge in [0.05, 0.1) is 37.4 Å². The highest BCUT2D eigenvalue weighted by Crippen LogP contribution is 2.32. The van der Waals surface area contributed by atoms with E-state index < -0.39 is 51.6 Å². The molecule has 0 aliphatic rings. The van der Waals surface area contributed by atoms with Crippen molar-refractivity contribution >= 4 is 98.5 Å². The molecule has 0 saturated carbocycles. The quantitative estimate of drug-likeness (QED) is 0.0498. The third kappa shape index (κ3) is 47.6. The van der Waals surface area contributed by atoms with Gasteiger partial charge in [-0.1, -0.05) is 343 Å². The Balaban J connectivity index is 0.000000731. The number of benzene rings is 10. The second-order valence-corrected chi connectivity index (χ2v) is 39.2. The molecule has 3 nitrogen and oxygen atoms in total. The summed E-state index contributed by atoms with van der Waals surface area (Å²) in [6, 6.07) is 57.4. The molecule has 0 amide bonds. The lowest BCUT2D eigenvalue weighted by atomic mass is 10.0. The molecule has 728 valence electrons. The van der Waals surface area contributed by atoms with E-state index in [4.69, 9.17) is 99.4 Å². The summed E-state index contributed by atoms with van der Waals surface area (Å²) in [6.45, 7) is 64.7. The monoisotopic (exact) mass is 2000 g/mol. The Morgan fingerprint density at radius 2 is 0.590 bits per heavy atom. The minimum absolute atomic E-state index is 0.0591. The first-order valence-corrected chi connectivity index (χ1v) is 47.7. The largest absolute Gasteiger partial charge is 0.258 e. The Kier molecular flexibility index (Phi) is 58.3. The van der Waals surface area contributed by atoms with Crippen molar-refractivity contribution in [3.8, 4) is 0 Å². The first kappa shape index (κ1) is 124. The summed E-state index contributed by atoms with van der Waals surface area (Å²) in [5, 5.41) is 3.97. The van der Waals surface area contributed by atoms with Crippen LogP contribution < -0.4 is 0 Å². The zero-order valence-electron chi connectivity index (χ0n) is 82.9. The van der Waals surface area contributed by atoms with Gasteiger partial charge in [-0.3, -0.25) is 4.98 Å². The van der Waals surface area contributed by atoms with Crippen LogP contribution in [-0.2, 0) is 6.42 Å². The molecule has 0 bridgehead atoms. The number of hydrogen-bond acceptors (Lipinski definition) is 2. The molecule has 0 unspecified atom stereocenters. The minimum Gasteiger partial charge on any atom is -0.258 e. The highest BCUT2D eigenvalue weighted by Gasteiger charge is 2.16. The number of aryl methyl sites for hydroxylation is 4. The molecule has 12 rings (SSSR count). The molecular formula is C113H135Cl8F10N3. The minimum atomic E-state index is -0.779. The molecule has 10 aromatic carbocycles. The van der Waals surface area contributed by atoms with E-state index in [1.54, 1.807) is 38.2 Å². The Hall–Kier alpha value is -8.39. The number of halogens is 18. The van der Waals surface area contributed by atoms with E-state index in [0.717, 1.165) is 49.8 Å². The predicted molar refractivity (Wildman–Crippen MR) is 556 cm³/mol. The standard InChI is InChI=1S/C10H12Cl2.C10H13Cl.C10H9F2N.C10H12F2.C10H13F.C10H14.C9H10Cl2.C9H9ClF2.C9H10ClF.C9H11Cl.C9H12FN.C8H10FN/c1-7(2)5-8-3-4-9(11)10(12)6-8;1-7(2)9-5-4-8(3)10(11)6-9;1-6(2)7-4-8(11)10(13-3)9(12)5-7;1-6(2)8-4-9(11)7(3)10(12)5-8;1-7(2)9-5-4-8(3)10(11)6-9;1-8(2)10-6-4-9(3)5-7-10;1-6(2)7-3-4-8(10)9(11)5-7;1-5(2)6-3-7(11)9(10)8(12)4-6;1-6(2)7-3-4-8(10)9(11)5-7;1-7(2)8-3-5-9(10)6-4-8;1-6(2)8-4-9(10)7(3)11-5-8;1-6(2)7-3-4-10-8(9)5-7/h3-4,6-7H,5H2,1-2H3;4-7H,1-3H3;4-6H,1-2H3;4-6H,1-3H3;4-7H,1-3H3;4-8H,1-3H3;3-6H,1-2H3;3-5H,1-2H3;3-6H,1-2H3;3-7H,1-2H3;4-6H,1-3H3;3-6H,1-2H3. The van der Waals surface area contributed by atoms with Crippen molar-refractivity contribution in [2.45, 2.75) is 272 Å². The third-order valence-electron chi connectivity index (χ3n) is 20.4. The van der Waals surface area contributed by atoms with Gasteiger partial charge in [-0.05, 0) is 305 Å². The molecule has 2 heterocycles. The van der Waals surface area contributed by atoms with Crippen molar-refractivity contribution in [2.75, 3.05) is 0 Å². The fourth-order valence-electron chi connectivity index (χ4n) is 11.2. The van der Waals surface area contributed by atoms with Crippen molar-refractivity contribution in [3.63, 3.8) is 0 Å². The fourth-order valence-corrected chi connectivity index (χ4v) is 12.3. The number of rotatable bonds is 13. The second-order valence-electron chi connectivity index (χ2n) is 36.0. The molecule has 21 heteroatoms. The van der Waals surface area contributed by atoms with E-state index in [1.165, 1.54) is 95.0 Å². The van der Waals surface area contributed by atoms with Crippen molar-refractivity contribution in [2.24, 2.45) is 5.92 Å². The summed E-state index contributed by atoms with van der Waals surface area (Å²) in [4.78, 5) is 10.2. The maximum absolute atomic E-state index is 13.0. The van der Waals surface area contributed by atoms with Crippen LogP contribution in [0.4, 0.5) is 49.6 Å². The van der Waals surface area contributed by atoms with E-state index in [0.29, 0.717) is 95.7 Å². The maximum atomic E-state index is 13.0. The van der Waals surface area contributed by atoms with Crippen molar-refractivity contribution < 1.29 is 43.9 Å². The smallest absolute Gasteiger partial charge is 0.256 e. The first-order valence-electron chi connectivity index (χ1n) is 44.7. The molecular weight excluding hydrogens is 1870 g/mol. The van der Waals surface area contributed by atoms with Gasteiger partial charge in [-0.15, -0.1) is 0 Å². The molecule has 0 aliphatic carbocycles. The SMILES string of the molecule is CC(C)Cc1ccc(Cl)c(Cl)c1.CC(C)c1cc(F)c(Cl)c(F)c1.CC(C)c1ccc(Cl)c(Cl)c1.CC(C)c1ccc(Cl)c(F)c1.CC(C)c1ccc(Cl)cc1.CC(C)c1ccnc(F)c1.Cc1c(F)cc(C(C)C)cc1F.Cc1ccc(C(C)C)cc1.Cc1ccc(C(C)C)cc1Cl.Cc1ccc(C(C)C)cc1F.Cc1ncc(C(C)C)cc1F.[C-]#[N+]c1c(F)cc(C(C)C)cc1F. The van der Waals surface area contributed by atoms with E-state index in [-0.39, 0.29) is 45.8 Å². The predicted octanol–water partition coefficient (Wildman–Crippen LogP) is 41.3. The number of aromatic nitrogens is 2. The summed E-state index contributed by atoms with van der Waals surface area (Å²) < 4.78 is 129. The lowest BCUT2D eigenvalue weighted by molar-refractivity contribution is 0.562. The van der Waals surface area contributed by atoms with Gasteiger partial charge >= 0.3 is 0 Å². The van der Waals surface area contributed by atoms with Crippen LogP contribution in [-0.4, -0.2) is 9.97 Å². The van der Waals surface area contributed by atoms with Gasteiger partial charge in [-0.2, -0.15) is 4.39 Å². The molecule has 0 aliphatic heterocycles. The number of hydrogen-bond donors (Lipinski definition) is 0. The Labute approximate surface area is 835 Å². The molecule has 0 N–H and O–H groups in total. The van der Waals surface area contributed by atoms with Gasteiger partial charge in [0.2, 0.25) is 5.95 Å². The Bertz CT molecular complexity index is 5050. The zero-order chi connectivity index (χ0) is 103. The first-order chi connectivity index (χ1) is 62.3. The summed E-state index contributed by atoms with van der Waals surface area (Å²) >= 11 is 45.7. The fraction of sp³-hybridized carbons (Fsp3) is 0.372. The molecule has 0 radical (unpaired) electrons. The zero-order valence-corrected chi connectivity index (χ0v) is 89.0. The van der Waals surface area contributed by atoms with Crippen LogP contribution in [0.2, 0.25) is 40.2 Å². The van der Waals surface area contributed by atoms with Gasteiger partial charge in [0.25, 0.3) is 5.69 Å². The molecule has 0 atom stereocenters. The van der Waals surface area contributed by atoms with Crippen molar-refractivity contribution in [1.29, 1.82) is 0 Å². The van der Waals surface area contributed by atoms with Crippen LogP contribution in [0, 0.1) is 105 Å². The molecule has 0 fully saturated rings. The van der Waals surface area contributed by atoms with Gasteiger partial charge in [0.1, 0.15) is 57.4 Å². The highest BCUT2D eigenvalue weighted by atomic mass is 35.5. The van der Waals surface area contributed by atoms with Crippen LogP contribution >= 0.6 is 92.8 Å². The van der Waals surface area contributed by atoms with Crippen LogP contribution in [0.3, 0.4) is 0 Å². The topological polar surface area (TPSA) is 30.1 Å². The van der Waals surface area contributed by atoms with Gasteiger partial charge < -0.3 is 0 Å². The van der Waals surface area contributed by atoms with E-state index >= 15 is 0 Å². The highest BCUT2D eigenvalue weighted by molar-refractivity contribution is 6.42. The van der Waals surface area contributed by atoms with Crippen LogP contribution in [0.5, 0.6) is 0 Å². The Morgan fingerprint density at radius 1 is 0.269 bits per heavy atom. The van der Waals surface area contributed by atoms with Gasteiger partial charge in [-0.25, -0.2) is 49.3 Å². The molecule has 2 aromatic heterocycles. The van der Waals surface area contributed by atoms with Gasteiger partial charge in [0, 0.05) is 28.0 Å². The van der Waals surface area contributed by atoms with Crippen molar-refractivity contribution in [1.82, 2.24) is 9.97 Å². The molecule has 134 heavy (non-hydrogen) atoms. The second kappa shape index (κ2) is 63.2. The number of nitrogens with zero attached hydrogens (tertiary/aromatic N) is 3. The average Bonchev–Trinajstić information content (AvgIpc) is 0.840. The summed E-state index contributed by atoms with van der Waals surface area (Å²) in [7, 11) is 0. The average molecular weight is 2010 g/mol. The number of pyridine rings is 2. The molecule has 0 spiro atoms. The van der Waals surface area contributed by atoms with E-state index in [2.05, 4.69) is 153 Å². The van der Waals surface area contributed by atoms with E-state index in [9.17, 15) is 43.9 Å². The maximum Gasteiger partial charge on any atom is 0.256 e. The molecule has 12 aromatic rings. The normalized spacial score (nSPS) is 10.6. The molecule has 0 saturated heterocycles. The third-order valence-corrected chi connectivity index (χ3v) is 23.2. The summed E-state index contributed by atoms with van der Waals surface area (Å²) in [5.41, 5.74) is 15.7. The van der Waals surface area contributed by atoms with Crippen LogP contribution in [0.25, 0.3) is 4.85 Å². The lowest BCUT2D eigenvalue weighted by Gasteiger charge is -2.07. The van der Waals surface area contributed by atoms with Crippen LogP contribution in [0.1, 0.15) is 326 Å². The van der Waals surface area contributed by atoms with Crippen LogP contribution in [0.15, 0.2) is 207 Å². The van der Waals surface area contributed by atoms with E-state index in [1.807, 2.05) is 169 Å². The Morgan fingerprint density at radius 3 is 0.940 bits per heavy atom. The van der Waals surface area contributed by atoms with Crippen molar-refractivity contribution in [3.05, 3.63) is 411 Å². The van der Waals surface area contributed by atoms with Gasteiger partial charge in [0.15, 0.2) is 0 Å².